The van der Waals surface area contributed by atoms with Crippen LogP contribution in [0.15, 0.2) is 61.7 Å². The third-order valence-corrected chi connectivity index (χ3v) is 1.41. The third-order valence-electron chi connectivity index (χ3n) is 1.41. The third kappa shape index (κ3) is 8.37. The van der Waals surface area contributed by atoms with E-state index in [2.05, 4.69) is 13.2 Å². The van der Waals surface area contributed by atoms with Crippen LogP contribution < -0.4 is 0 Å². The Kier molecular flexibility index (Phi) is 6.98. The lowest BCUT2D eigenvalue weighted by atomic mass is 10.4. The smallest absolute Gasteiger partial charge is 0.323 e. The first-order valence-corrected chi connectivity index (χ1v) is 4.55. The summed E-state index contributed by atoms with van der Waals surface area (Å²) in [5.74, 6) is -0.995. The molecule has 0 saturated heterocycles. The maximum atomic E-state index is 10.5. The van der Waals surface area contributed by atoms with Gasteiger partial charge in [0.25, 0.3) is 0 Å². The van der Waals surface area contributed by atoms with E-state index in [4.69, 9.17) is 10.2 Å². The van der Waals surface area contributed by atoms with E-state index in [0.717, 1.165) is 0 Å². The SMILES string of the molecule is C=C/C=C/N(/C=C\C=C\C(=C)O)CC(=O)O. The maximum Gasteiger partial charge on any atom is 0.323 e. The number of aliphatic hydroxyl groups excluding tert-OH is 1. The van der Waals surface area contributed by atoms with Gasteiger partial charge >= 0.3 is 5.97 Å². The predicted octanol–water partition coefficient (Wildman–Crippen LogP) is 2.21. The minimum Gasteiger partial charge on any atom is -0.509 e. The van der Waals surface area contributed by atoms with Crippen LogP contribution in [-0.2, 0) is 4.79 Å². The molecule has 0 unspecified atom stereocenters. The molecular weight excluding hydrogens is 206 g/mol. The standard InChI is InChI=1S/C12H15NO3/c1-3-4-8-13(10-12(15)16)9-6-5-7-11(2)14/h3-9,14H,1-2,10H2,(H,15,16)/b7-5+,8-4+,9-6-. The van der Waals surface area contributed by atoms with Crippen LogP contribution in [0.3, 0.4) is 0 Å². The summed E-state index contributed by atoms with van der Waals surface area (Å²) in [7, 11) is 0. The van der Waals surface area contributed by atoms with Crippen LogP contribution in [0.2, 0.25) is 0 Å². The van der Waals surface area contributed by atoms with Crippen molar-refractivity contribution in [1.29, 1.82) is 0 Å². The molecule has 0 fully saturated rings. The average molecular weight is 221 g/mol. The maximum absolute atomic E-state index is 10.5. The van der Waals surface area contributed by atoms with E-state index in [-0.39, 0.29) is 12.3 Å². The Bertz CT molecular complexity index is 340. The lowest BCUT2D eigenvalue weighted by molar-refractivity contribution is -0.137. The number of rotatable bonds is 7. The Balaban J connectivity index is 4.40. The second-order valence-electron chi connectivity index (χ2n) is 2.84. The number of hydrogen-bond donors (Lipinski definition) is 2. The number of aliphatic carboxylic acids is 1. The van der Waals surface area contributed by atoms with Gasteiger partial charge in [-0.1, -0.05) is 25.3 Å². The first-order chi connectivity index (χ1) is 7.56. The van der Waals surface area contributed by atoms with Crippen molar-refractivity contribution in [2.75, 3.05) is 6.54 Å². The number of nitrogens with zero attached hydrogens (tertiary/aromatic N) is 1. The Morgan fingerprint density at radius 1 is 1.19 bits per heavy atom. The van der Waals surface area contributed by atoms with Gasteiger partial charge in [-0.15, -0.1) is 0 Å². The zero-order chi connectivity index (χ0) is 12.4. The van der Waals surface area contributed by atoms with Crippen LogP contribution in [0.1, 0.15) is 0 Å². The molecule has 0 radical (unpaired) electrons. The number of allylic oxidation sites excluding steroid dienone is 5. The molecule has 0 aromatic rings. The van der Waals surface area contributed by atoms with Crippen molar-refractivity contribution in [2.24, 2.45) is 0 Å². The van der Waals surface area contributed by atoms with E-state index in [9.17, 15) is 4.79 Å². The quantitative estimate of drug-likeness (QED) is 0.511. The van der Waals surface area contributed by atoms with E-state index in [1.54, 1.807) is 36.7 Å². The second kappa shape index (κ2) is 8.11. The van der Waals surface area contributed by atoms with Gasteiger partial charge in [0.1, 0.15) is 12.3 Å². The summed E-state index contributed by atoms with van der Waals surface area (Å²) in [4.78, 5) is 12.0. The summed E-state index contributed by atoms with van der Waals surface area (Å²) in [5.41, 5.74) is 0. The highest BCUT2D eigenvalue weighted by Crippen LogP contribution is 1.94. The van der Waals surface area contributed by atoms with E-state index in [0.29, 0.717) is 0 Å². The summed E-state index contributed by atoms with van der Waals surface area (Å²) in [6.45, 7) is 6.61. The van der Waals surface area contributed by atoms with Gasteiger partial charge in [-0.2, -0.15) is 0 Å². The highest BCUT2D eigenvalue weighted by molar-refractivity contribution is 5.69. The molecule has 0 atom stereocenters. The molecule has 2 N–H and O–H groups in total. The Morgan fingerprint density at radius 3 is 2.31 bits per heavy atom. The summed E-state index contributed by atoms with van der Waals surface area (Å²) in [5, 5.41) is 17.4. The van der Waals surface area contributed by atoms with Gasteiger partial charge in [-0.25, -0.2) is 0 Å². The minimum absolute atomic E-state index is 0.0592. The molecule has 16 heavy (non-hydrogen) atoms. The lowest BCUT2D eigenvalue weighted by Crippen LogP contribution is -2.19. The van der Waals surface area contributed by atoms with Crippen molar-refractivity contribution < 1.29 is 15.0 Å². The molecule has 4 heteroatoms. The lowest BCUT2D eigenvalue weighted by Gasteiger charge is -2.10. The molecule has 0 aliphatic heterocycles. The van der Waals surface area contributed by atoms with E-state index in [1.165, 1.54) is 11.0 Å². The molecule has 0 rings (SSSR count). The van der Waals surface area contributed by atoms with Crippen molar-refractivity contribution in [3.05, 3.63) is 61.7 Å². The van der Waals surface area contributed by atoms with Crippen molar-refractivity contribution in [3.63, 3.8) is 0 Å². The first kappa shape index (κ1) is 13.8. The van der Waals surface area contributed by atoms with Gasteiger partial charge in [0, 0.05) is 12.4 Å². The van der Waals surface area contributed by atoms with Crippen LogP contribution in [0.5, 0.6) is 0 Å². The van der Waals surface area contributed by atoms with Gasteiger partial charge in [-0.05, 0) is 18.2 Å². The van der Waals surface area contributed by atoms with Gasteiger partial charge in [-0.3, -0.25) is 4.79 Å². The normalized spacial score (nSPS) is 11.2. The largest absolute Gasteiger partial charge is 0.509 e. The van der Waals surface area contributed by atoms with E-state index < -0.39 is 5.97 Å². The molecule has 0 aliphatic carbocycles. The number of carboxylic acid groups (broad SMARTS) is 1. The van der Waals surface area contributed by atoms with Crippen LogP contribution in [0.4, 0.5) is 0 Å². The molecule has 0 aromatic heterocycles. The fourth-order valence-corrected chi connectivity index (χ4v) is 0.810. The number of carboxylic acids is 1. The molecule has 0 aliphatic rings. The van der Waals surface area contributed by atoms with Gasteiger partial charge in [0.05, 0.1) is 0 Å². The highest BCUT2D eigenvalue weighted by Gasteiger charge is 1.99. The zero-order valence-electron chi connectivity index (χ0n) is 8.91. The molecule has 0 heterocycles. The molecule has 0 bridgehead atoms. The van der Waals surface area contributed by atoms with Crippen molar-refractivity contribution >= 4 is 5.97 Å². The predicted molar refractivity (Wildman–Crippen MR) is 63.7 cm³/mol. The monoisotopic (exact) mass is 221 g/mol. The number of carbonyl (C=O) groups is 1. The van der Waals surface area contributed by atoms with Crippen molar-refractivity contribution in [3.8, 4) is 0 Å². The zero-order valence-corrected chi connectivity index (χ0v) is 8.91. The fourth-order valence-electron chi connectivity index (χ4n) is 0.810. The number of aliphatic hydroxyl groups is 1. The molecule has 0 saturated carbocycles. The van der Waals surface area contributed by atoms with E-state index in [1.807, 2.05) is 0 Å². The minimum atomic E-state index is -0.936. The van der Waals surface area contributed by atoms with Crippen LogP contribution in [0.25, 0.3) is 0 Å². The molecule has 0 amide bonds. The molecule has 0 aromatic carbocycles. The Hall–Kier alpha value is -2.23. The van der Waals surface area contributed by atoms with Crippen LogP contribution >= 0.6 is 0 Å². The van der Waals surface area contributed by atoms with Gasteiger partial charge < -0.3 is 15.1 Å². The van der Waals surface area contributed by atoms with E-state index >= 15 is 0 Å². The summed E-state index contributed by atoms with van der Waals surface area (Å²) in [6, 6.07) is 0. The second-order valence-corrected chi connectivity index (χ2v) is 2.84. The van der Waals surface area contributed by atoms with Crippen LogP contribution in [0, 0.1) is 0 Å². The topological polar surface area (TPSA) is 60.8 Å². The average Bonchev–Trinajstić information content (AvgIpc) is 2.19. The number of hydrogen-bond acceptors (Lipinski definition) is 3. The van der Waals surface area contributed by atoms with Crippen molar-refractivity contribution in [1.82, 2.24) is 4.90 Å². The molecule has 4 nitrogen and oxygen atoms in total. The van der Waals surface area contributed by atoms with Gasteiger partial charge in [0.15, 0.2) is 0 Å². The van der Waals surface area contributed by atoms with Gasteiger partial charge in [0.2, 0.25) is 0 Å². The molecule has 86 valence electrons. The first-order valence-electron chi connectivity index (χ1n) is 4.55. The highest BCUT2D eigenvalue weighted by atomic mass is 16.4. The summed E-state index contributed by atoms with van der Waals surface area (Å²) < 4.78 is 0. The van der Waals surface area contributed by atoms with Crippen molar-refractivity contribution in [2.45, 2.75) is 0 Å². The Morgan fingerprint density at radius 2 is 1.81 bits per heavy atom. The fraction of sp³-hybridized carbons (Fsp3) is 0.0833. The van der Waals surface area contributed by atoms with Crippen LogP contribution in [-0.4, -0.2) is 27.6 Å². The summed E-state index contributed by atoms with van der Waals surface area (Å²) >= 11 is 0. The molecular formula is C12H15NO3. The summed E-state index contributed by atoms with van der Waals surface area (Å²) in [6.07, 6.45) is 10.9. The Labute approximate surface area is 94.8 Å². The molecule has 0 spiro atoms.